The molecule has 25 heavy (non-hydrogen) atoms. The summed E-state index contributed by atoms with van der Waals surface area (Å²) in [5.41, 5.74) is -0.916. The molecule has 0 aromatic heterocycles. The minimum Gasteiger partial charge on any atom is -0.481 e. The number of carbonyl (C=O) groups is 4. The van der Waals surface area contributed by atoms with Crippen LogP contribution in [0.1, 0.15) is 47.5 Å². The Hall–Kier alpha value is -2.64. The normalized spacial score (nSPS) is 11.2. The van der Waals surface area contributed by atoms with Crippen molar-refractivity contribution in [3.63, 3.8) is 0 Å². The summed E-state index contributed by atoms with van der Waals surface area (Å²) in [5.74, 6) is -6.19. The molecule has 0 heterocycles. The van der Waals surface area contributed by atoms with E-state index < -0.39 is 35.3 Å². The van der Waals surface area contributed by atoms with E-state index in [4.69, 9.17) is 19.3 Å². The summed E-state index contributed by atoms with van der Waals surface area (Å²) >= 11 is 0. The van der Waals surface area contributed by atoms with Crippen molar-refractivity contribution in [2.24, 2.45) is 5.41 Å². The van der Waals surface area contributed by atoms with Crippen molar-refractivity contribution in [3.05, 3.63) is 24.3 Å². The average molecular weight is 356 g/mol. The molecule has 0 aromatic carbocycles. The van der Waals surface area contributed by atoms with Gasteiger partial charge in [-0.2, -0.15) is 0 Å². The Balaban J connectivity index is 5.27. The minimum atomic E-state index is -2.33. The lowest BCUT2D eigenvalue weighted by Crippen LogP contribution is -2.42. The predicted octanol–water partition coefficient (Wildman–Crippen LogP) is 2.33. The Morgan fingerprint density at radius 3 is 1.56 bits per heavy atom. The van der Waals surface area contributed by atoms with Crippen LogP contribution in [0.25, 0.3) is 0 Å². The van der Waals surface area contributed by atoms with E-state index >= 15 is 0 Å². The van der Waals surface area contributed by atoms with Gasteiger partial charge in [0.05, 0.1) is 19.8 Å². The third-order valence-corrected chi connectivity index (χ3v) is 2.81. The zero-order valence-corrected chi connectivity index (χ0v) is 15.1. The van der Waals surface area contributed by atoms with E-state index in [0.29, 0.717) is 0 Å². The van der Waals surface area contributed by atoms with Crippen LogP contribution in [0.5, 0.6) is 0 Å². The first-order valence-electron chi connectivity index (χ1n) is 7.39. The summed E-state index contributed by atoms with van der Waals surface area (Å²) in [4.78, 5) is 46.4. The van der Waals surface area contributed by atoms with Crippen molar-refractivity contribution < 1.29 is 38.5 Å². The van der Waals surface area contributed by atoms with Crippen LogP contribution in [-0.2, 0) is 33.4 Å². The second kappa shape index (κ2) is 8.46. The highest BCUT2D eigenvalue weighted by Gasteiger charge is 2.40. The van der Waals surface area contributed by atoms with Gasteiger partial charge in [-0.3, -0.25) is 9.59 Å². The number of hydrogen-bond acceptors (Lipinski definition) is 7. The molecule has 0 saturated carbocycles. The van der Waals surface area contributed by atoms with Gasteiger partial charge in [0.1, 0.15) is 0 Å². The molecule has 0 amide bonds. The molecule has 0 aromatic rings. The Bertz CT molecular complexity index is 572. The number of carbonyl (C=O) groups excluding carboxylic acids is 3. The molecule has 0 atom stereocenters. The first-order valence-corrected chi connectivity index (χ1v) is 7.39. The first-order chi connectivity index (χ1) is 11.2. The number of carboxylic acids is 1. The third-order valence-electron chi connectivity index (χ3n) is 2.81. The first kappa shape index (κ1) is 22.4. The topological polar surface area (TPSA) is 116 Å². The van der Waals surface area contributed by atoms with Gasteiger partial charge in [-0.05, 0) is 19.3 Å². The molecule has 0 aliphatic carbocycles. The molecule has 0 unspecified atom stereocenters. The summed E-state index contributed by atoms with van der Waals surface area (Å²) < 4.78 is 14.8. The lowest BCUT2D eigenvalue weighted by atomic mass is 9.86. The van der Waals surface area contributed by atoms with E-state index in [1.807, 2.05) is 0 Å². The van der Waals surface area contributed by atoms with Crippen LogP contribution in [0.4, 0.5) is 0 Å². The van der Waals surface area contributed by atoms with Crippen LogP contribution in [0.15, 0.2) is 24.3 Å². The molecule has 0 aliphatic heterocycles. The number of esters is 3. The van der Waals surface area contributed by atoms with Crippen molar-refractivity contribution in [2.45, 2.75) is 53.4 Å². The van der Waals surface area contributed by atoms with Crippen LogP contribution in [0, 0.1) is 5.41 Å². The monoisotopic (exact) mass is 356 g/mol. The number of ether oxygens (including phenoxy) is 3. The maximum Gasteiger partial charge on any atom is 0.420 e. The van der Waals surface area contributed by atoms with Crippen LogP contribution < -0.4 is 0 Å². The molecule has 0 aliphatic rings. The van der Waals surface area contributed by atoms with E-state index in [9.17, 15) is 19.2 Å². The van der Waals surface area contributed by atoms with Crippen molar-refractivity contribution in [3.8, 4) is 0 Å². The SMILES string of the molecule is C=C(C)C(=O)OC(C)(OC(=O)CC(C)(C)CC(=O)O)OC(=O)C(=C)C. The molecule has 0 bridgehead atoms. The van der Waals surface area contributed by atoms with Crippen molar-refractivity contribution in [1.29, 1.82) is 0 Å². The molecule has 8 nitrogen and oxygen atoms in total. The van der Waals surface area contributed by atoms with Crippen LogP contribution in [0.3, 0.4) is 0 Å². The molecule has 140 valence electrons. The fourth-order valence-electron chi connectivity index (χ4n) is 1.68. The van der Waals surface area contributed by atoms with Crippen LogP contribution in [0.2, 0.25) is 0 Å². The molecular formula is C17H24O8. The fraction of sp³-hybridized carbons (Fsp3) is 0.529. The van der Waals surface area contributed by atoms with Crippen LogP contribution in [-0.4, -0.2) is 35.0 Å². The zero-order valence-electron chi connectivity index (χ0n) is 15.1. The van der Waals surface area contributed by atoms with Gasteiger partial charge in [0, 0.05) is 11.1 Å². The molecule has 1 N–H and O–H groups in total. The van der Waals surface area contributed by atoms with E-state index in [1.54, 1.807) is 13.8 Å². The largest absolute Gasteiger partial charge is 0.481 e. The standard InChI is InChI=1S/C17H24O8/c1-10(2)14(21)24-17(7,25-15(22)11(3)4)23-13(20)9-16(5,6)8-12(18)19/h1,3,8-9H2,2,4-7H3,(H,18,19). The molecule has 8 heteroatoms. The van der Waals surface area contributed by atoms with E-state index in [-0.39, 0.29) is 24.0 Å². The molecule has 0 radical (unpaired) electrons. The van der Waals surface area contributed by atoms with Gasteiger partial charge in [-0.25, -0.2) is 9.59 Å². The lowest BCUT2D eigenvalue weighted by Gasteiger charge is -2.29. The van der Waals surface area contributed by atoms with Gasteiger partial charge in [0.15, 0.2) is 0 Å². The number of rotatable bonds is 9. The van der Waals surface area contributed by atoms with E-state index in [0.717, 1.165) is 6.92 Å². The van der Waals surface area contributed by atoms with Crippen LogP contribution >= 0.6 is 0 Å². The Morgan fingerprint density at radius 2 is 1.24 bits per heavy atom. The molecule has 0 fully saturated rings. The predicted molar refractivity (Wildman–Crippen MR) is 87.0 cm³/mol. The highest BCUT2D eigenvalue weighted by atomic mass is 16.9. The zero-order chi connectivity index (χ0) is 20.0. The van der Waals surface area contributed by atoms with Crippen molar-refractivity contribution in [1.82, 2.24) is 0 Å². The summed E-state index contributed by atoms with van der Waals surface area (Å²) in [6.07, 6.45) is -0.583. The number of hydrogen-bond donors (Lipinski definition) is 1. The van der Waals surface area contributed by atoms with E-state index in [2.05, 4.69) is 13.2 Å². The maximum atomic E-state index is 12.1. The van der Waals surface area contributed by atoms with Gasteiger partial charge >= 0.3 is 29.9 Å². The smallest absolute Gasteiger partial charge is 0.420 e. The highest BCUT2D eigenvalue weighted by molar-refractivity contribution is 5.89. The quantitative estimate of drug-likeness (QED) is 0.380. The Morgan fingerprint density at radius 1 is 0.840 bits per heavy atom. The number of aliphatic carboxylic acids is 1. The second-order valence-corrected chi connectivity index (χ2v) is 6.59. The minimum absolute atomic E-state index is 0.000134. The van der Waals surface area contributed by atoms with Gasteiger partial charge < -0.3 is 19.3 Å². The lowest BCUT2D eigenvalue weighted by molar-refractivity contribution is -0.317. The summed E-state index contributed by atoms with van der Waals surface area (Å²) in [5, 5.41) is 8.84. The second-order valence-electron chi connectivity index (χ2n) is 6.59. The van der Waals surface area contributed by atoms with Crippen molar-refractivity contribution in [2.75, 3.05) is 0 Å². The molecule has 0 spiro atoms. The Labute approximate surface area is 146 Å². The van der Waals surface area contributed by atoms with Gasteiger partial charge in [-0.1, -0.05) is 27.0 Å². The van der Waals surface area contributed by atoms with E-state index in [1.165, 1.54) is 13.8 Å². The molecular weight excluding hydrogens is 332 g/mol. The summed E-state index contributed by atoms with van der Waals surface area (Å²) in [7, 11) is 0. The van der Waals surface area contributed by atoms with Gasteiger partial charge in [0.25, 0.3) is 0 Å². The van der Waals surface area contributed by atoms with Gasteiger partial charge in [-0.15, -0.1) is 0 Å². The van der Waals surface area contributed by atoms with Crippen molar-refractivity contribution >= 4 is 23.9 Å². The summed E-state index contributed by atoms with van der Waals surface area (Å²) in [6.45, 7) is 13.7. The molecule has 0 saturated heterocycles. The molecule has 0 rings (SSSR count). The summed E-state index contributed by atoms with van der Waals surface area (Å²) in [6, 6.07) is 0. The Kier molecular flexibility index (Phi) is 7.56. The number of carboxylic acid groups (broad SMARTS) is 1. The highest BCUT2D eigenvalue weighted by Crippen LogP contribution is 2.28. The maximum absolute atomic E-state index is 12.1. The fourth-order valence-corrected chi connectivity index (χ4v) is 1.68. The average Bonchev–Trinajstić information content (AvgIpc) is 2.34. The van der Waals surface area contributed by atoms with Gasteiger partial charge in [0.2, 0.25) is 0 Å². The third kappa shape index (κ3) is 8.69.